The number of aromatic nitrogens is 2. The van der Waals surface area contributed by atoms with Gasteiger partial charge < -0.3 is 4.57 Å². The smallest absolute Gasteiger partial charge is 0.112 e. The fourth-order valence-corrected chi connectivity index (χ4v) is 2.39. The van der Waals surface area contributed by atoms with Gasteiger partial charge in [-0.05, 0) is 26.2 Å². The van der Waals surface area contributed by atoms with Crippen LogP contribution in [0, 0.1) is 6.92 Å². The summed E-state index contributed by atoms with van der Waals surface area (Å²) in [5.41, 5.74) is 2.69. The summed E-state index contributed by atoms with van der Waals surface area (Å²) < 4.78 is 2.43. The number of imidazole rings is 1. The van der Waals surface area contributed by atoms with Crippen molar-refractivity contribution in [2.24, 2.45) is 0 Å². The number of nitrogens with zero attached hydrogens (tertiary/aromatic N) is 2. The van der Waals surface area contributed by atoms with Crippen LogP contribution < -0.4 is 0 Å². The average Bonchev–Trinajstić information content (AvgIpc) is 2.43. The third-order valence-electron chi connectivity index (χ3n) is 3.10. The molecule has 0 aromatic carbocycles. The molecule has 0 amide bonds. The summed E-state index contributed by atoms with van der Waals surface area (Å²) in [6.45, 7) is 7.83. The molecule has 1 aromatic heterocycles. The molecule has 1 aromatic rings. The normalized spacial score (nSPS) is 21.6. The van der Waals surface area contributed by atoms with Gasteiger partial charge in [-0.1, -0.05) is 13.8 Å². The summed E-state index contributed by atoms with van der Waals surface area (Å²) in [7, 11) is 0. The highest BCUT2D eigenvalue weighted by Crippen LogP contribution is 2.28. The van der Waals surface area contributed by atoms with Crippen molar-refractivity contribution in [1.29, 1.82) is 0 Å². The molecule has 0 radical (unpaired) electrons. The minimum atomic E-state index is 0.660. The minimum Gasteiger partial charge on any atom is -0.332 e. The summed E-state index contributed by atoms with van der Waals surface area (Å²) in [5.74, 6) is 1.98. The van der Waals surface area contributed by atoms with Gasteiger partial charge in [0, 0.05) is 18.2 Å². The molecule has 0 N–H and O–H groups in total. The molecular formula is C11H18N2. The molecule has 0 aliphatic carbocycles. The second kappa shape index (κ2) is 3.17. The highest BCUT2D eigenvalue weighted by Gasteiger charge is 2.21. The van der Waals surface area contributed by atoms with E-state index < -0.39 is 0 Å². The minimum absolute atomic E-state index is 0.660. The average molecular weight is 178 g/mol. The Kier molecular flexibility index (Phi) is 2.14. The molecule has 1 unspecified atom stereocenters. The monoisotopic (exact) mass is 178 g/mol. The van der Waals surface area contributed by atoms with Crippen LogP contribution in [0.25, 0.3) is 0 Å². The molecule has 0 fully saturated rings. The number of rotatable bonds is 1. The first-order valence-electron chi connectivity index (χ1n) is 5.30. The number of hydrogen-bond donors (Lipinski definition) is 0. The first kappa shape index (κ1) is 8.79. The van der Waals surface area contributed by atoms with Crippen molar-refractivity contribution in [1.82, 2.24) is 9.55 Å². The summed E-state index contributed by atoms with van der Waals surface area (Å²) >= 11 is 0. The van der Waals surface area contributed by atoms with Gasteiger partial charge in [0.2, 0.25) is 0 Å². The Labute approximate surface area is 80.0 Å². The van der Waals surface area contributed by atoms with Gasteiger partial charge in [0.15, 0.2) is 0 Å². The Morgan fingerprint density at radius 3 is 3.00 bits per heavy atom. The maximum absolute atomic E-state index is 4.67. The van der Waals surface area contributed by atoms with E-state index in [1.807, 2.05) is 0 Å². The lowest BCUT2D eigenvalue weighted by molar-refractivity contribution is 0.455. The topological polar surface area (TPSA) is 17.8 Å². The van der Waals surface area contributed by atoms with Crippen LogP contribution in [0.15, 0.2) is 0 Å². The Bertz CT molecular complexity index is 312. The molecular weight excluding hydrogens is 160 g/mol. The van der Waals surface area contributed by atoms with E-state index >= 15 is 0 Å². The van der Waals surface area contributed by atoms with Gasteiger partial charge in [-0.3, -0.25) is 0 Å². The highest BCUT2D eigenvalue weighted by atomic mass is 15.1. The predicted molar refractivity (Wildman–Crippen MR) is 54.0 cm³/mol. The standard InChI is InChI=1S/C11H18N2/c1-4-10-9(3)12-11-8(2)6-5-7-13(10)11/h8H,4-7H2,1-3H3. The van der Waals surface area contributed by atoms with Crippen molar-refractivity contribution in [3.63, 3.8) is 0 Å². The maximum atomic E-state index is 4.67. The molecule has 2 heteroatoms. The SMILES string of the molecule is CCc1c(C)nc2n1CCCC2C. The Morgan fingerprint density at radius 2 is 2.31 bits per heavy atom. The van der Waals surface area contributed by atoms with Crippen LogP contribution in [-0.4, -0.2) is 9.55 Å². The van der Waals surface area contributed by atoms with Crippen LogP contribution >= 0.6 is 0 Å². The lowest BCUT2D eigenvalue weighted by Gasteiger charge is -2.21. The fraction of sp³-hybridized carbons (Fsp3) is 0.727. The van der Waals surface area contributed by atoms with Crippen molar-refractivity contribution >= 4 is 0 Å². The van der Waals surface area contributed by atoms with Crippen LogP contribution in [-0.2, 0) is 13.0 Å². The van der Waals surface area contributed by atoms with Gasteiger partial charge >= 0.3 is 0 Å². The Morgan fingerprint density at radius 1 is 1.54 bits per heavy atom. The molecule has 2 heterocycles. The van der Waals surface area contributed by atoms with E-state index in [0.717, 1.165) is 6.42 Å². The molecule has 2 nitrogen and oxygen atoms in total. The van der Waals surface area contributed by atoms with E-state index in [0.29, 0.717) is 5.92 Å². The lowest BCUT2D eigenvalue weighted by atomic mass is 10.0. The molecule has 2 rings (SSSR count). The van der Waals surface area contributed by atoms with Crippen molar-refractivity contribution < 1.29 is 0 Å². The van der Waals surface area contributed by atoms with E-state index in [-0.39, 0.29) is 0 Å². The molecule has 1 aliphatic rings. The van der Waals surface area contributed by atoms with Crippen LogP contribution in [0.1, 0.15) is 49.8 Å². The van der Waals surface area contributed by atoms with Crippen molar-refractivity contribution in [2.75, 3.05) is 0 Å². The summed E-state index contributed by atoms with van der Waals surface area (Å²) in [5, 5.41) is 0. The van der Waals surface area contributed by atoms with E-state index in [1.54, 1.807) is 0 Å². The van der Waals surface area contributed by atoms with E-state index in [4.69, 9.17) is 0 Å². The van der Waals surface area contributed by atoms with Crippen LogP contribution in [0.5, 0.6) is 0 Å². The van der Waals surface area contributed by atoms with Gasteiger partial charge in [0.25, 0.3) is 0 Å². The van der Waals surface area contributed by atoms with E-state index in [9.17, 15) is 0 Å². The zero-order valence-electron chi connectivity index (χ0n) is 8.80. The van der Waals surface area contributed by atoms with Crippen molar-refractivity contribution in [3.8, 4) is 0 Å². The Balaban J connectivity index is 2.50. The largest absolute Gasteiger partial charge is 0.332 e. The van der Waals surface area contributed by atoms with E-state index in [1.165, 1.54) is 36.6 Å². The Hall–Kier alpha value is -0.790. The molecule has 0 saturated carbocycles. The molecule has 0 saturated heterocycles. The van der Waals surface area contributed by atoms with Gasteiger partial charge in [-0.25, -0.2) is 4.98 Å². The zero-order chi connectivity index (χ0) is 9.42. The zero-order valence-corrected chi connectivity index (χ0v) is 8.80. The molecule has 72 valence electrons. The molecule has 0 bridgehead atoms. The third kappa shape index (κ3) is 1.28. The highest BCUT2D eigenvalue weighted by molar-refractivity contribution is 5.19. The van der Waals surface area contributed by atoms with Crippen molar-refractivity contribution in [3.05, 3.63) is 17.2 Å². The lowest BCUT2D eigenvalue weighted by Crippen LogP contribution is -2.15. The first-order valence-corrected chi connectivity index (χ1v) is 5.30. The number of hydrogen-bond acceptors (Lipinski definition) is 1. The molecule has 1 atom stereocenters. The van der Waals surface area contributed by atoms with E-state index in [2.05, 4.69) is 30.3 Å². The number of fused-ring (bicyclic) bond motifs is 1. The van der Waals surface area contributed by atoms with Gasteiger partial charge in [-0.15, -0.1) is 0 Å². The predicted octanol–water partition coefficient (Wildman–Crippen LogP) is 2.65. The first-order chi connectivity index (χ1) is 6.24. The fourth-order valence-electron chi connectivity index (χ4n) is 2.39. The quantitative estimate of drug-likeness (QED) is 0.646. The number of aryl methyl sites for hydroxylation is 1. The second-order valence-electron chi connectivity index (χ2n) is 4.05. The van der Waals surface area contributed by atoms with Crippen LogP contribution in [0.3, 0.4) is 0 Å². The summed E-state index contributed by atoms with van der Waals surface area (Å²) in [6.07, 6.45) is 3.74. The molecule has 0 spiro atoms. The van der Waals surface area contributed by atoms with Gasteiger partial charge in [0.05, 0.1) is 5.69 Å². The molecule has 13 heavy (non-hydrogen) atoms. The molecule has 1 aliphatic heterocycles. The summed E-state index contributed by atoms with van der Waals surface area (Å²) in [6, 6.07) is 0. The van der Waals surface area contributed by atoms with Gasteiger partial charge in [-0.2, -0.15) is 0 Å². The van der Waals surface area contributed by atoms with Crippen LogP contribution in [0.4, 0.5) is 0 Å². The van der Waals surface area contributed by atoms with Crippen LogP contribution in [0.2, 0.25) is 0 Å². The van der Waals surface area contributed by atoms with Crippen molar-refractivity contribution in [2.45, 2.75) is 52.5 Å². The third-order valence-corrected chi connectivity index (χ3v) is 3.10. The summed E-state index contributed by atoms with van der Waals surface area (Å²) in [4.78, 5) is 4.67. The van der Waals surface area contributed by atoms with Gasteiger partial charge in [0.1, 0.15) is 5.82 Å². The second-order valence-corrected chi connectivity index (χ2v) is 4.05. The maximum Gasteiger partial charge on any atom is 0.112 e.